The molecule has 39 heavy (non-hydrogen) atoms. The summed E-state index contributed by atoms with van der Waals surface area (Å²) in [6, 6.07) is 8.95. The van der Waals surface area contributed by atoms with E-state index in [1.807, 2.05) is 12.1 Å². The van der Waals surface area contributed by atoms with E-state index in [0.717, 1.165) is 31.9 Å². The topological polar surface area (TPSA) is 153 Å². The van der Waals surface area contributed by atoms with E-state index in [-0.39, 0.29) is 22.5 Å². The van der Waals surface area contributed by atoms with Crippen molar-refractivity contribution in [1.82, 2.24) is 14.9 Å². The number of carbonyl (C=O) groups excluding carboxylic acids is 1. The van der Waals surface area contributed by atoms with Crippen LogP contribution < -0.4 is 41.2 Å². The van der Waals surface area contributed by atoms with Crippen molar-refractivity contribution in [3.8, 4) is 17.2 Å². The average Bonchev–Trinajstić information content (AvgIpc) is 2.90. The molecule has 0 radical (unpaired) electrons. The molecule has 2 heterocycles. The van der Waals surface area contributed by atoms with E-state index in [4.69, 9.17) is 37.3 Å². The number of nitrogens with zero attached hydrogens (tertiary/aromatic N) is 4. The zero-order valence-electron chi connectivity index (χ0n) is 22.3. The van der Waals surface area contributed by atoms with Crippen LogP contribution in [0.15, 0.2) is 36.5 Å². The van der Waals surface area contributed by atoms with Crippen LogP contribution in [0.4, 0.5) is 39.3 Å². The summed E-state index contributed by atoms with van der Waals surface area (Å²) in [6.07, 6.45) is 0.517. The predicted octanol–water partition coefficient (Wildman–Crippen LogP) is 4.20. The fraction of sp³-hybridized carbons (Fsp3) is 0.346. The molecule has 1 aliphatic heterocycles. The summed E-state index contributed by atoms with van der Waals surface area (Å²) in [7, 11) is 3.11. The molecule has 0 saturated carbocycles. The minimum Gasteiger partial charge on any atom is -0.495 e. The Kier molecular flexibility index (Phi) is 8.67. The van der Waals surface area contributed by atoms with Crippen LogP contribution in [0.3, 0.4) is 0 Å². The van der Waals surface area contributed by atoms with Crippen molar-refractivity contribution in [3.63, 3.8) is 0 Å². The number of methoxy groups -OCH3 is 2. The quantitative estimate of drug-likeness (QED) is 0.280. The second kappa shape index (κ2) is 12.1. The van der Waals surface area contributed by atoms with E-state index >= 15 is 0 Å². The standard InChI is InChI=1S/C26H33ClN8O4/c1-15(2)34-7-9-35(10-8-34)21-13-23(38-4)20(12-18(21)28)32-26-30-14-17(27)24(33-26)31-19-11-16(39-25(29)36)5-6-22(19)37-3/h5-6,11-15H,7-10,28H2,1-4H3,(H2,29,36)(H2,30,31,32,33). The fourth-order valence-corrected chi connectivity index (χ4v) is 4.47. The molecular weight excluding hydrogens is 524 g/mol. The van der Waals surface area contributed by atoms with Crippen LogP contribution in [0.25, 0.3) is 0 Å². The van der Waals surface area contributed by atoms with Crippen molar-refractivity contribution in [1.29, 1.82) is 0 Å². The van der Waals surface area contributed by atoms with Gasteiger partial charge in [0.2, 0.25) is 5.95 Å². The van der Waals surface area contributed by atoms with Crippen molar-refractivity contribution in [3.05, 3.63) is 41.6 Å². The summed E-state index contributed by atoms with van der Waals surface area (Å²) in [5, 5.41) is 6.51. The van der Waals surface area contributed by atoms with E-state index in [0.29, 0.717) is 34.6 Å². The molecule has 12 nitrogen and oxygen atoms in total. The summed E-state index contributed by atoms with van der Waals surface area (Å²) >= 11 is 6.37. The second-order valence-corrected chi connectivity index (χ2v) is 9.56. The van der Waals surface area contributed by atoms with Crippen LogP contribution >= 0.6 is 11.6 Å². The highest BCUT2D eigenvalue weighted by molar-refractivity contribution is 6.33. The number of halogens is 1. The van der Waals surface area contributed by atoms with Gasteiger partial charge >= 0.3 is 6.09 Å². The van der Waals surface area contributed by atoms with Gasteiger partial charge in [-0.05, 0) is 32.0 Å². The van der Waals surface area contributed by atoms with Gasteiger partial charge in [-0.3, -0.25) is 4.90 Å². The van der Waals surface area contributed by atoms with Gasteiger partial charge in [-0.2, -0.15) is 4.98 Å². The first kappa shape index (κ1) is 27.9. The SMILES string of the molecule is COc1cc(N2CCN(C(C)C)CC2)c(N)cc1Nc1ncc(Cl)c(Nc2cc(OC(N)=O)ccc2OC)n1. The van der Waals surface area contributed by atoms with E-state index in [1.54, 1.807) is 25.3 Å². The Bertz CT molecular complexity index is 1330. The van der Waals surface area contributed by atoms with Crippen LogP contribution in [-0.4, -0.2) is 67.4 Å². The molecule has 0 atom stereocenters. The molecule has 4 rings (SSSR count). The maximum Gasteiger partial charge on any atom is 0.409 e. The Morgan fingerprint density at radius 3 is 2.36 bits per heavy atom. The molecule has 1 saturated heterocycles. The number of benzene rings is 2. The minimum atomic E-state index is -0.935. The first-order chi connectivity index (χ1) is 18.7. The summed E-state index contributed by atoms with van der Waals surface area (Å²) in [5.41, 5.74) is 14.2. The number of ether oxygens (including phenoxy) is 3. The zero-order chi connectivity index (χ0) is 28.1. The number of rotatable bonds is 9. The number of nitrogens with two attached hydrogens (primary N) is 2. The predicted molar refractivity (Wildman–Crippen MR) is 153 cm³/mol. The maximum absolute atomic E-state index is 11.2. The van der Waals surface area contributed by atoms with Crippen molar-refractivity contribution in [2.75, 3.05) is 61.7 Å². The number of primary amides is 1. The maximum atomic E-state index is 11.2. The summed E-state index contributed by atoms with van der Waals surface area (Å²) in [6.45, 7) is 8.11. The Morgan fingerprint density at radius 1 is 1.03 bits per heavy atom. The van der Waals surface area contributed by atoms with Gasteiger partial charge in [-0.25, -0.2) is 9.78 Å². The van der Waals surface area contributed by atoms with E-state index in [9.17, 15) is 4.79 Å². The molecule has 1 aliphatic rings. The Balaban J connectivity index is 1.56. The van der Waals surface area contributed by atoms with Gasteiger partial charge in [0.15, 0.2) is 5.82 Å². The van der Waals surface area contributed by atoms with Crippen LogP contribution in [0.1, 0.15) is 13.8 Å². The van der Waals surface area contributed by atoms with Gasteiger partial charge in [0.05, 0.1) is 43.2 Å². The smallest absolute Gasteiger partial charge is 0.409 e. The summed E-state index contributed by atoms with van der Waals surface area (Å²) < 4.78 is 16.0. The summed E-state index contributed by atoms with van der Waals surface area (Å²) in [5.74, 6) is 1.82. The van der Waals surface area contributed by atoms with Gasteiger partial charge in [0, 0.05) is 44.4 Å². The number of aromatic nitrogens is 2. The molecule has 208 valence electrons. The highest BCUT2D eigenvalue weighted by Crippen LogP contribution is 2.38. The molecule has 1 amide bonds. The molecule has 1 aromatic heterocycles. The number of carbonyl (C=O) groups is 1. The lowest BCUT2D eigenvalue weighted by Crippen LogP contribution is -2.49. The Hall–Kier alpha value is -4.16. The van der Waals surface area contributed by atoms with Gasteiger partial charge in [0.1, 0.15) is 22.3 Å². The third-order valence-electron chi connectivity index (χ3n) is 6.37. The van der Waals surface area contributed by atoms with Gasteiger partial charge in [-0.1, -0.05) is 11.6 Å². The van der Waals surface area contributed by atoms with E-state index < -0.39 is 6.09 Å². The molecule has 0 spiro atoms. The highest BCUT2D eigenvalue weighted by atomic mass is 35.5. The molecule has 6 N–H and O–H groups in total. The summed E-state index contributed by atoms with van der Waals surface area (Å²) in [4.78, 5) is 24.7. The molecule has 1 fully saturated rings. The number of hydrogen-bond donors (Lipinski definition) is 4. The molecule has 0 bridgehead atoms. The van der Waals surface area contributed by atoms with Crippen molar-refractivity contribution in [2.45, 2.75) is 19.9 Å². The van der Waals surface area contributed by atoms with Crippen LogP contribution in [0.5, 0.6) is 17.2 Å². The van der Waals surface area contributed by atoms with Crippen LogP contribution in [0.2, 0.25) is 5.02 Å². The first-order valence-corrected chi connectivity index (χ1v) is 12.7. The number of nitrogen functional groups attached to an aromatic ring is 1. The average molecular weight is 557 g/mol. The molecular formula is C26H33ClN8O4. The number of nitrogens with one attached hydrogen (secondary N) is 2. The fourth-order valence-electron chi connectivity index (χ4n) is 4.33. The highest BCUT2D eigenvalue weighted by Gasteiger charge is 2.22. The Morgan fingerprint density at radius 2 is 1.72 bits per heavy atom. The lowest BCUT2D eigenvalue weighted by atomic mass is 10.1. The van der Waals surface area contributed by atoms with Crippen molar-refractivity contribution >= 4 is 52.2 Å². The van der Waals surface area contributed by atoms with Gasteiger partial charge in [0.25, 0.3) is 0 Å². The third-order valence-corrected chi connectivity index (χ3v) is 6.64. The van der Waals surface area contributed by atoms with Gasteiger partial charge < -0.3 is 41.2 Å². The normalized spacial score (nSPS) is 13.7. The largest absolute Gasteiger partial charge is 0.495 e. The molecule has 3 aromatic rings. The molecule has 0 aliphatic carbocycles. The number of anilines is 6. The minimum absolute atomic E-state index is 0.222. The van der Waals surface area contributed by atoms with E-state index in [2.05, 4.69) is 44.2 Å². The zero-order valence-corrected chi connectivity index (χ0v) is 23.1. The van der Waals surface area contributed by atoms with E-state index in [1.165, 1.54) is 13.3 Å². The Labute approximate surface area is 232 Å². The van der Waals surface area contributed by atoms with Gasteiger partial charge in [-0.15, -0.1) is 0 Å². The lowest BCUT2D eigenvalue weighted by molar-refractivity contribution is 0.209. The second-order valence-electron chi connectivity index (χ2n) is 9.15. The number of hydrogen-bond acceptors (Lipinski definition) is 11. The van der Waals surface area contributed by atoms with Crippen LogP contribution in [0, 0.1) is 0 Å². The first-order valence-electron chi connectivity index (χ1n) is 12.4. The number of amides is 1. The lowest BCUT2D eigenvalue weighted by Gasteiger charge is -2.38. The molecule has 13 heteroatoms. The van der Waals surface area contributed by atoms with Crippen molar-refractivity contribution in [2.24, 2.45) is 5.73 Å². The van der Waals surface area contributed by atoms with Crippen molar-refractivity contribution < 1.29 is 19.0 Å². The molecule has 2 aromatic carbocycles. The van der Waals surface area contributed by atoms with Crippen LogP contribution in [-0.2, 0) is 0 Å². The molecule has 0 unspecified atom stereocenters. The monoisotopic (exact) mass is 556 g/mol. The third kappa shape index (κ3) is 6.65. The number of piperazine rings is 1.